The van der Waals surface area contributed by atoms with Gasteiger partial charge in [-0.1, -0.05) is 36.0 Å². The van der Waals surface area contributed by atoms with Crippen molar-refractivity contribution in [2.75, 3.05) is 87.8 Å². The molecule has 5 aromatic carbocycles. The predicted molar refractivity (Wildman–Crippen MR) is 301 cm³/mol. The van der Waals surface area contributed by atoms with Gasteiger partial charge < -0.3 is 67.6 Å². The van der Waals surface area contributed by atoms with Crippen LogP contribution in [0.5, 0.6) is 11.5 Å². The number of nitrogens with two attached hydrogens (primary N) is 2. The lowest BCUT2D eigenvalue weighted by Gasteiger charge is -2.16. The van der Waals surface area contributed by atoms with Crippen molar-refractivity contribution in [3.05, 3.63) is 166 Å². The topological polar surface area (TPSA) is 304 Å². The Morgan fingerprint density at radius 3 is 2.00 bits per heavy atom. The van der Waals surface area contributed by atoms with Crippen LogP contribution < -0.4 is 53.5 Å². The number of para-hydroxylation sites is 1. The summed E-state index contributed by atoms with van der Waals surface area (Å²) >= 11 is 1.11. The predicted octanol–water partition coefficient (Wildman–Crippen LogP) is 5.66. The highest BCUT2D eigenvalue weighted by Gasteiger charge is 2.33. The van der Waals surface area contributed by atoms with Gasteiger partial charge in [0.15, 0.2) is 11.5 Å². The number of phenolic OH excluding ortho intramolecular Hbond substituents is 1. The molecule has 5 aromatic rings. The summed E-state index contributed by atoms with van der Waals surface area (Å²) in [5, 5.41) is 43.4. The van der Waals surface area contributed by atoms with E-state index in [1.165, 1.54) is 23.3 Å². The lowest BCUT2D eigenvalue weighted by Crippen LogP contribution is -2.33. The summed E-state index contributed by atoms with van der Waals surface area (Å²) in [6, 6.07) is 34.4. The Morgan fingerprint density at radius 2 is 1.42 bits per heavy atom. The molecule has 13 N–H and O–H groups in total. The van der Waals surface area contributed by atoms with Crippen molar-refractivity contribution < 1.29 is 38.9 Å². The molecular formula is C54H61N13O8S. The number of aliphatic hydroxyl groups excluding tert-OH is 1. The summed E-state index contributed by atoms with van der Waals surface area (Å²) in [5.41, 5.74) is 13.0. The van der Waals surface area contributed by atoms with E-state index in [2.05, 4.69) is 76.5 Å². The molecule has 21 nitrogen and oxygen atoms in total. The number of thioether (sulfide) groups is 1. The number of aliphatic hydroxyl groups is 1. The molecule has 3 amide bonds. The number of benzene rings is 5. The van der Waals surface area contributed by atoms with E-state index in [1.54, 1.807) is 56.4 Å². The Morgan fingerprint density at radius 1 is 0.803 bits per heavy atom. The minimum absolute atomic E-state index is 0.00921. The van der Waals surface area contributed by atoms with Crippen LogP contribution in [-0.4, -0.2) is 123 Å². The van der Waals surface area contributed by atoms with Crippen molar-refractivity contribution in [2.45, 2.75) is 6.92 Å². The maximum atomic E-state index is 12.7. The van der Waals surface area contributed by atoms with E-state index < -0.39 is 11.9 Å². The molecule has 0 bridgehead atoms. The maximum absolute atomic E-state index is 12.7. The molecule has 0 saturated heterocycles. The highest BCUT2D eigenvalue weighted by atomic mass is 32.2. The molecular weight excluding hydrogens is 991 g/mol. The van der Waals surface area contributed by atoms with Gasteiger partial charge in [-0.05, 0) is 110 Å². The zero-order valence-electron chi connectivity index (χ0n) is 42.1. The molecule has 22 heteroatoms. The number of aliphatic imine (C=N–C) groups is 3. The third-order valence-electron chi connectivity index (χ3n) is 10.9. The Hall–Kier alpha value is -9.28. The Kier molecular flexibility index (Phi) is 21.3. The molecule has 0 aliphatic carbocycles. The molecule has 3 heterocycles. The number of esters is 1. The molecule has 0 aromatic heterocycles. The van der Waals surface area contributed by atoms with Gasteiger partial charge in [0.2, 0.25) is 12.8 Å². The number of nitrogens with one attached hydrogen (secondary N) is 7. The van der Waals surface area contributed by atoms with Crippen LogP contribution in [-0.2, 0) is 19.1 Å². The fourth-order valence-electron chi connectivity index (χ4n) is 7.20. The Labute approximate surface area is 444 Å². The highest BCUT2D eigenvalue weighted by Crippen LogP contribution is 2.41. The van der Waals surface area contributed by atoms with Gasteiger partial charge in [-0.15, -0.1) is 0 Å². The van der Waals surface area contributed by atoms with E-state index in [-0.39, 0.29) is 54.8 Å². The second-order valence-corrected chi connectivity index (χ2v) is 17.3. The first-order chi connectivity index (χ1) is 36.9. The minimum Gasteiger partial charge on any atom is -0.506 e. The molecule has 3 aliphatic heterocycles. The number of anilines is 4. The number of hydrogen-bond donors (Lipinski definition) is 11. The van der Waals surface area contributed by atoms with Gasteiger partial charge in [0.25, 0.3) is 5.91 Å². The average molecular weight is 1050 g/mol. The normalized spacial score (nSPS) is 14.6. The van der Waals surface area contributed by atoms with Crippen LogP contribution in [0.2, 0.25) is 0 Å². The van der Waals surface area contributed by atoms with Crippen LogP contribution in [0.1, 0.15) is 34.0 Å². The van der Waals surface area contributed by atoms with Crippen molar-refractivity contribution in [3.8, 4) is 11.5 Å². The van der Waals surface area contributed by atoms with Crippen molar-refractivity contribution in [3.63, 3.8) is 0 Å². The SMILES string of the molecule is CCOC(=O)C1=C(O)/C(=C/c2ccc(OCCN(N)/C=C(\N)CNC(=O)c3cc(NC)cc(NC=O)c3)c(O)c2)SC1=Nc1ccccc1.CNc1ccc(C2=NCCN2)cc1.O=CNc1ccc(C2=NCCN2)cc1. The van der Waals surface area contributed by atoms with Gasteiger partial charge in [-0.3, -0.25) is 24.4 Å². The fraction of sp³-hybridized carbons (Fsp3) is 0.204. The number of hydrogen-bond acceptors (Lipinski definition) is 19. The lowest BCUT2D eigenvalue weighted by molar-refractivity contribution is -0.138. The number of phenols is 1. The second kappa shape index (κ2) is 28.8. The van der Waals surface area contributed by atoms with E-state index in [4.69, 9.17) is 21.1 Å². The average Bonchev–Trinajstić information content (AvgIpc) is 4.24. The summed E-state index contributed by atoms with van der Waals surface area (Å²) in [4.78, 5) is 59.8. The van der Waals surface area contributed by atoms with E-state index in [1.807, 2.05) is 49.5 Å². The van der Waals surface area contributed by atoms with Crippen molar-refractivity contribution in [1.29, 1.82) is 0 Å². The van der Waals surface area contributed by atoms with E-state index in [0.717, 1.165) is 72.1 Å². The van der Waals surface area contributed by atoms with Crippen molar-refractivity contribution >= 4 is 87.7 Å². The quantitative estimate of drug-likeness (QED) is 0.0194. The number of amidine groups is 2. The summed E-state index contributed by atoms with van der Waals surface area (Å²) in [6.07, 6.45) is 4.25. The van der Waals surface area contributed by atoms with Gasteiger partial charge in [0.05, 0.1) is 43.4 Å². The number of carbonyl (C=O) groups is 4. The molecule has 0 spiro atoms. The lowest BCUT2D eigenvalue weighted by atomic mass is 10.1. The van der Waals surface area contributed by atoms with Crippen LogP contribution >= 0.6 is 11.8 Å². The van der Waals surface area contributed by atoms with Crippen LogP contribution in [0.4, 0.5) is 28.4 Å². The number of hydrazine groups is 1. The number of nitrogens with zero attached hydrogens (tertiary/aromatic N) is 4. The van der Waals surface area contributed by atoms with E-state index in [9.17, 15) is 29.4 Å². The van der Waals surface area contributed by atoms with Crippen molar-refractivity contribution in [2.24, 2.45) is 26.6 Å². The molecule has 0 unspecified atom stereocenters. The molecule has 0 atom stereocenters. The number of carbonyl (C=O) groups excluding carboxylic acids is 4. The fourth-order valence-corrected chi connectivity index (χ4v) is 8.24. The second-order valence-electron chi connectivity index (χ2n) is 16.3. The third kappa shape index (κ3) is 16.6. The van der Waals surface area contributed by atoms with Gasteiger partial charge in [-0.2, -0.15) is 0 Å². The Balaban J connectivity index is 0.000000277. The summed E-state index contributed by atoms with van der Waals surface area (Å²) in [5.74, 6) is 6.65. The number of amides is 3. The highest BCUT2D eigenvalue weighted by molar-refractivity contribution is 8.18. The Bertz CT molecular complexity index is 3000. The first-order valence-electron chi connectivity index (χ1n) is 24.0. The van der Waals surface area contributed by atoms with E-state index in [0.29, 0.717) is 51.0 Å². The van der Waals surface area contributed by atoms with Crippen LogP contribution in [0.3, 0.4) is 0 Å². The van der Waals surface area contributed by atoms with Crippen LogP contribution in [0.15, 0.2) is 158 Å². The first-order valence-corrected chi connectivity index (χ1v) is 24.8. The molecule has 8 rings (SSSR count). The van der Waals surface area contributed by atoms with Gasteiger partial charge >= 0.3 is 5.97 Å². The monoisotopic (exact) mass is 1050 g/mol. The van der Waals surface area contributed by atoms with Crippen molar-refractivity contribution in [1.82, 2.24) is 21.0 Å². The third-order valence-corrected chi connectivity index (χ3v) is 11.9. The van der Waals surface area contributed by atoms with Gasteiger partial charge in [0.1, 0.15) is 34.7 Å². The number of rotatable bonds is 20. The van der Waals surface area contributed by atoms with Gasteiger partial charge in [0, 0.05) is 78.5 Å². The molecule has 0 fully saturated rings. The summed E-state index contributed by atoms with van der Waals surface area (Å²) in [7, 11) is 3.61. The maximum Gasteiger partial charge on any atom is 0.344 e. The molecule has 3 aliphatic rings. The smallest absolute Gasteiger partial charge is 0.344 e. The van der Waals surface area contributed by atoms with Crippen LogP contribution in [0.25, 0.3) is 6.08 Å². The molecule has 396 valence electrons. The van der Waals surface area contributed by atoms with E-state index >= 15 is 0 Å². The molecule has 0 radical (unpaired) electrons. The minimum atomic E-state index is -0.689. The number of aromatic hydroxyl groups is 1. The summed E-state index contributed by atoms with van der Waals surface area (Å²) < 4.78 is 10.8. The van der Waals surface area contributed by atoms with Gasteiger partial charge in [-0.25, -0.2) is 15.6 Å². The molecule has 76 heavy (non-hydrogen) atoms. The zero-order chi connectivity index (χ0) is 54.2. The number of ether oxygens (including phenoxy) is 2. The first kappa shape index (κ1) is 56.0. The zero-order valence-corrected chi connectivity index (χ0v) is 42.9. The summed E-state index contributed by atoms with van der Waals surface area (Å²) in [6.45, 7) is 5.70. The molecule has 0 saturated carbocycles. The largest absolute Gasteiger partial charge is 0.506 e. The van der Waals surface area contributed by atoms with Crippen LogP contribution in [0, 0.1) is 0 Å². The standard InChI is InChI=1S/C34H37N7O7S.C10H11N3O.C10H13N3/c1-3-47-34(46)30-31(44)29(49-33(30)40-24-7-5-4-6-8-24)14-21-9-10-28(27(43)13-21)48-12-11-41(36)19-23(35)18-38-32(45)22-15-25(37-2)17-26(16-22)39-20-42;14-7-13-9-3-1-8(2-4-9)10-11-5-6-12-10;1-11-9-4-2-8(3-5-9)10-12-6-7-13-10/h4-10,13-17,19-20,37,43-44H,3,11-12,18,35-36H2,1-2H3,(H,38,45)(H,39,42);1-4,7H,5-6H2,(H,11,12)(H,13,14);2-5,11H,6-7H2,1H3,(H,12,13)/b23-19-,29-14-,40-33?;;.